The van der Waals surface area contributed by atoms with Crippen molar-refractivity contribution in [3.63, 3.8) is 0 Å². The summed E-state index contributed by atoms with van der Waals surface area (Å²) in [6, 6.07) is 3.99. The molecule has 0 bridgehead atoms. The number of ether oxygens (including phenoxy) is 1. The van der Waals surface area contributed by atoms with Gasteiger partial charge in [-0.3, -0.25) is 4.90 Å². The van der Waals surface area contributed by atoms with Crippen LogP contribution in [0.5, 0.6) is 0 Å². The summed E-state index contributed by atoms with van der Waals surface area (Å²) >= 11 is 5.72. The first kappa shape index (κ1) is 16.5. The molecule has 3 rings (SSSR count). The number of likely N-dealkylation sites (tertiary alicyclic amines) is 1. The number of morpholine rings is 1. The van der Waals surface area contributed by atoms with Crippen molar-refractivity contribution in [1.29, 1.82) is 0 Å². The number of amides is 2. The lowest BCUT2D eigenvalue weighted by molar-refractivity contribution is 0.0314. The minimum absolute atomic E-state index is 0.163. The van der Waals surface area contributed by atoms with Crippen molar-refractivity contribution in [2.45, 2.75) is 6.42 Å². The van der Waals surface area contributed by atoms with Crippen LogP contribution in [-0.4, -0.2) is 61.8 Å². The maximum Gasteiger partial charge on any atom is 0.321 e. The molecule has 0 aromatic heterocycles. The molecule has 7 heteroatoms. The van der Waals surface area contributed by atoms with Gasteiger partial charge in [-0.15, -0.1) is 0 Å². The van der Waals surface area contributed by atoms with Crippen LogP contribution in [0.1, 0.15) is 6.42 Å². The van der Waals surface area contributed by atoms with Crippen molar-refractivity contribution < 1.29 is 13.9 Å². The zero-order chi connectivity index (χ0) is 16.2. The van der Waals surface area contributed by atoms with Gasteiger partial charge in [-0.05, 0) is 30.5 Å². The fraction of sp³-hybridized carbons (Fsp3) is 0.562. The van der Waals surface area contributed by atoms with Crippen molar-refractivity contribution >= 4 is 23.3 Å². The van der Waals surface area contributed by atoms with E-state index in [2.05, 4.69) is 10.2 Å². The van der Waals surface area contributed by atoms with Gasteiger partial charge in [0.2, 0.25) is 0 Å². The molecule has 1 atom stereocenters. The summed E-state index contributed by atoms with van der Waals surface area (Å²) in [5, 5.41) is 2.94. The monoisotopic (exact) mass is 341 g/mol. The predicted octanol–water partition coefficient (Wildman–Crippen LogP) is 2.67. The van der Waals surface area contributed by atoms with Gasteiger partial charge in [0.15, 0.2) is 0 Å². The predicted molar refractivity (Wildman–Crippen MR) is 87.4 cm³/mol. The van der Waals surface area contributed by atoms with E-state index < -0.39 is 5.82 Å². The van der Waals surface area contributed by atoms with Gasteiger partial charge in [0.25, 0.3) is 0 Å². The van der Waals surface area contributed by atoms with Gasteiger partial charge in [-0.25, -0.2) is 9.18 Å². The number of anilines is 1. The molecule has 0 saturated carbocycles. The average Bonchev–Trinajstić information content (AvgIpc) is 3.00. The lowest BCUT2D eigenvalue weighted by Gasteiger charge is -2.29. The zero-order valence-corrected chi connectivity index (χ0v) is 13.7. The highest BCUT2D eigenvalue weighted by Crippen LogP contribution is 2.22. The van der Waals surface area contributed by atoms with Crippen molar-refractivity contribution in [1.82, 2.24) is 9.80 Å². The molecule has 2 saturated heterocycles. The standard InChI is InChI=1S/C16H21ClFN3O2/c17-13-1-2-15(14(18)9-13)19-16(22)21-4-3-12(11-21)10-20-5-7-23-8-6-20/h1-2,9,12H,3-8,10-11H2,(H,19,22). The third-order valence-corrected chi connectivity index (χ3v) is 4.60. The van der Waals surface area contributed by atoms with Crippen molar-refractivity contribution in [3.05, 3.63) is 29.0 Å². The number of halogens is 2. The van der Waals surface area contributed by atoms with E-state index in [9.17, 15) is 9.18 Å². The third kappa shape index (κ3) is 4.34. The molecule has 5 nitrogen and oxygen atoms in total. The van der Waals surface area contributed by atoms with E-state index in [4.69, 9.17) is 16.3 Å². The molecule has 2 amide bonds. The summed E-state index contributed by atoms with van der Waals surface area (Å²) in [5.41, 5.74) is 0.163. The number of rotatable bonds is 3. The first-order chi connectivity index (χ1) is 11.1. The van der Waals surface area contributed by atoms with Crippen LogP contribution in [0.4, 0.5) is 14.9 Å². The Kier molecular flexibility index (Phi) is 5.35. The molecule has 2 aliphatic rings. The summed E-state index contributed by atoms with van der Waals surface area (Å²) < 4.78 is 19.1. The fourth-order valence-corrected chi connectivity index (χ4v) is 3.26. The Labute approximate surface area is 140 Å². The van der Waals surface area contributed by atoms with Gasteiger partial charge in [-0.1, -0.05) is 11.6 Å². The highest BCUT2D eigenvalue weighted by atomic mass is 35.5. The van der Waals surface area contributed by atoms with Gasteiger partial charge >= 0.3 is 6.03 Å². The van der Waals surface area contributed by atoms with Crippen LogP contribution >= 0.6 is 11.6 Å². The van der Waals surface area contributed by atoms with Crippen LogP contribution in [0.3, 0.4) is 0 Å². The first-order valence-electron chi connectivity index (χ1n) is 7.93. The van der Waals surface area contributed by atoms with E-state index in [1.807, 2.05) is 0 Å². The Morgan fingerprint density at radius 2 is 2.13 bits per heavy atom. The molecule has 0 aliphatic carbocycles. The number of benzene rings is 1. The normalized spacial score (nSPS) is 22.3. The Bertz CT molecular complexity index is 566. The number of hydrogen-bond acceptors (Lipinski definition) is 3. The molecule has 1 unspecified atom stereocenters. The molecule has 2 aliphatic heterocycles. The number of carbonyl (C=O) groups excluding carboxylic acids is 1. The summed E-state index contributed by atoms with van der Waals surface area (Å²) in [5.74, 6) is -0.0520. The average molecular weight is 342 g/mol. The second kappa shape index (κ2) is 7.47. The van der Waals surface area contributed by atoms with Crippen molar-refractivity contribution in [3.8, 4) is 0 Å². The fourth-order valence-electron chi connectivity index (χ4n) is 3.10. The van der Waals surface area contributed by atoms with E-state index >= 15 is 0 Å². The Morgan fingerprint density at radius 3 is 2.87 bits per heavy atom. The topological polar surface area (TPSA) is 44.8 Å². The van der Waals surface area contributed by atoms with Crippen molar-refractivity contribution in [2.75, 3.05) is 51.3 Å². The van der Waals surface area contributed by atoms with E-state index in [-0.39, 0.29) is 11.7 Å². The second-order valence-corrected chi connectivity index (χ2v) is 6.50. The van der Waals surface area contributed by atoms with Gasteiger partial charge in [0, 0.05) is 37.7 Å². The molecular weight excluding hydrogens is 321 g/mol. The smallest absolute Gasteiger partial charge is 0.321 e. The number of hydrogen-bond donors (Lipinski definition) is 1. The van der Waals surface area contributed by atoms with E-state index in [0.717, 1.165) is 39.3 Å². The molecule has 1 aromatic carbocycles. The highest BCUT2D eigenvalue weighted by Gasteiger charge is 2.28. The van der Waals surface area contributed by atoms with Crippen LogP contribution in [0.25, 0.3) is 0 Å². The molecular formula is C16H21ClFN3O2. The van der Waals surface area contributed by atoms with Crippen LogP contribution in [0.2, 0.25) is 5.02 Å². The maximum absolute atomic E-state index is 13.7. The van der Waals surface area contributed by atoms with Crippen LogP contribution in [0, 0.1) is 11.7 Å². The summed E-state index contributed by atoms with van der Waals surface area (Å²) in [6.45, 7) is 5.88. The Balaban J connectivity index is 1.50. The van der Waals surface area contributed by atoms with Gasteiger partial charge in [0.1, 0.15) is 5.82 Å². The number of nitrogens with one attached hydrogen (secondary N) is 1. The number of urea groups is 1. The molecule has 2 heterocycles. The largest absolute Gasteiger partial charge is 0.379 e. The molecule has 0 spiro atoms. The van der Waals surface area contributed by atoms with E-state index in [1.165, 1.54) is 12.1 Å². The Morgan fingerprint density at radius 1 is 1.35 bits per heavy atom. The third-order valence-electron chi connectivity index (χ3n) is 4.37. The van der Waals surface area contributed by atoms with Gasteiger partial charge in [0.05, 0.1) is 18.9 Å². The maximum atomic E-state index is 13.7. The summed E-state index contributed by atoms with van der Waals surface area (Å²) in [6.07, 6.45) is 0.980. The molecule has 1 N–H and O–H groups in total. The second-order valence-electron chi connectivity index (χ2n) is 6.07. The lowest BCUT2D eigenvalue weighted by Crippen LogP contribution is -2.40. The van der Waals surface area contributed by atoms with Crippen LogP contribution < -0.4 is 5.32 Å². The number of carbonyl (C=O) groups is 1. The minimum Gasteiger partial charge on any atom is -0.379 e. The quantitative estimate of drug-likeness (QED) is 0.919. The summed E-state index contributed by atoms with van der Waals surface area (Å²) in [7, 11) is 0. The first-order valence-corrected chi connectivity index (χ1v) is 8.30. The summed E-state index contributed by atoms with van der Waals surface area (Å²) in [4.78, 5) is 16.4. The molecule has 0 radical (unpaired) electrons. The molecule has 126 valence electrons. The highest BCUT2D eigenvalue weighted by molar-refractivity contribution is 6.30. The van der Waals surface area contributed by atoms with Crippen LogP contribution in [0.15, 0.2) is 18.2 Å². The molecule has 23 heavy (non-hydrogen) atoms. The van der Waals surface area contributed by atoms with E-state index in [1.54, 1.807) is 11.0 Å². The lowest BCUT2D eigenvalue weighted by atomic mass is 10.1. The van der Waals surface area contributed by atoms with Crippen molar-refractivity contribution in [2.24, 2.45) is 5.92 Å². The van der Waals surface area contributed by atoms with Gasteiger partial charge in [-0.2, -0.15) is 0 Å². The van der Waals surface area contributed by atoms with E-state index in [0.29, 0.717) is 24.0 Å². The Hall–Kier alpha value is -1.37. The zero-order valence-electron chi connectivity index (χ0n) is 12.9. The minimum atomic E-state index is -0.519. The number of nitrogens with zero attached hydrogens (tertiary/aromatic N) is 2. The molecule has 2 fully saturated rings. The van der Waals surface area contributed by atoms with Gasteiger partial charge < -0.3 is 15.0 Å². The molecule has 1 aromatic rings. The SMILES string of the molecule is O=C(Nc1ccc(Cl)cc1F)N1CCC(CN2CCOCC2)C1. The van der Waals surface area contributed by atoms with Crippen LogP contribution in [-0.2, 0) is 4.74 Å².